The second-order valence-corrected chi connectivity index (χ2v) is 4.27. The summed E-state index contributed by atoms with van der Waals surface area (Å²) in [6.45, 7) is 1.90. The molecule has 76 valence electrons. The Hall–Kier alpha value is -0.990. The zero-order valence-electron chi connectivity index (χ0n) is 8.37. The average molecular weight is 210 g/mol. The highest BCUT2D eigenvalue weighted by Crippen LogP contribution is 2.17. The minimum atomic E-state index is -0.431. The van der Waals surface area contributed by atoms with Crippen LogP contribution in [0.3, 0.4) is 0 Å². The summed E-state index contributed by atoms with van der Waals surface area (Å²) in [6.07, 6.45) is 4.32. The van der Waals surface area contributed by atoms with Crippen LogP contribution in [0.4, 0.5) is 0 Å². The van der Waals surface area contributed by atoms with E-state index < -0.39 is 5.54 Å². The molecule has 0 spiro atoms. The van der Waals surface area contributed by atoms with Gasteiger partial charge in [-0.3, -0.25) is 0 Å². The molecule has 0 radical (unpaired) electrons. The van der Waals surface area contributed by atoms with E-state index >= 15 is 0 Å². The normalized spacial score (nSPS) is 14.6. The van der Waals surface area contributed by atoms with E-state index in [0.717, 1.165) is 17.3 Å². The van der Waals surface area contributed by atoms with Gasteiger partial charge in [-0.15, -0.1) is 0 Å². The monoisotopic (exact) mass is 210 g/mol. The van der Waals surface area contributed by atoms with Crippen LogP contribution in [0.5, 0.6) is 0 Å². The van der Waals surface area contributed by atoms with E-state index in [0.29, 0.717) is 0 Å². The third-order valence-electron chi connectivity index (χ3n) is 2.11. The Morgan fingerprint density at radius 2 is 2.57 bits per heavy atom. The highest BCUT2D eigenvalue weighted by molar-refractivity contribution is 7.99. The summed E-state index contributed by atoms with van der Waals surface area (Å²) in [5.41, 5.74) is -0.431. The van der Waals surface area contributed by atoms with Crippen LogP contribution in [0, 0.1) is 11.3 Å². The SMILES string of the molecule is CNC(C)(C#N)CCSc1ncc[nH]1. The van der Waals surface area contributed by atoms with Crippen molar-refractivity contribution in [2.45, 2.75) is 24.0 Å². The number of hydrogen-bond acceptors (Lipinski definition) is 4. The van der Waals surface area contributed by atoms with Crippen LogP contribution < -0.4 is 5.32 Å². The molecule has 1 aromatic rings. The van der Waals surface area contributed by atoms with E-state index in [-0.39, 0.29) is 0 Å². The van der Waals surface area contributed by atoms with Crippen molar-refractivity contribution >= 4 is 11.8 Å². The van der Waals surface area contributed by atoms with Gasteiger partial charge in [-0.05, 0) is 20.4 Å². The molecule has 4 nitrogen and oxygen atoms in total. The molecule has 0 saturated heterocycles. The van der Waals surface area contributed by atoms with Crippen molar-refractivity contribution in [3.05, 3.63) is 12.4 Å². The van der Waals surface area contributed by atoms with Crippen molar-refractivity contribution < 1.29 is 0 Å². The highest BCUT2D eigenvalue weighted by Gasteiger charge is 2.20. The number of aromatic nitrogens is 2. The first-order valence-corrected chi connectivity index (χ1v) is 5.41. The van der Waals surface area contributed by atoms with E-state index in [4.69, 9.17) is 5.26 Å². The maximum absolute atomic E-state index is 8.90. The third kappa shape index (κ3) is 3.05. The second kappa shape index (κ2) is 5.03. The van der Waals surface area contributed by atoms with Crippen LogP contribution >= 0.6 is 11.8 Å². The molecule has 1 atom stereocenters. The number of hydrogen-bond donors (Lipinski definition) is 2. The minimum absolute atomic E-state index is 0.431. The number of nitriles is 1. The van der Waals surface area contributed by atoms with Crippen LogP contribution in [0.1, 0.15) is 13.3 Å². The van der Waals surface area contributed by atoms with Crippen molar-refractivity contribution in [1.29, 1.82) is 5.26 Å². The molecule has 0 aliphatic heterocycles. The van der Waals surface area contributed by atoms with E-state index in [2.05, 4.69) is 21.4 Å². The molecule has 0 aliphatic rings. The van der Waals surface area contributed by atoms with E-state index in [9.17, 15) is 0 Å². The van der Waals surface area contributed by atoms with Crippen molar-refractivity contribution in [3.63, 3.8) is 0 Å². The molecule has 0 fully saturated rings. The quantitative estimate of drug-likeness (QED) is 0.721. The molecule has 0 aromatic carbocycles. The van der Waals surface area contributed by atoms with Gasteiger partial charge in [-0.2, -0.15) is 5.26 Å². The second-order valence-electron chi connectivity index (χ2n) is 3.19. The van der Waals surface area contributed by atoms with Crippen LogP contribution in [0.2, 0.25) is 0 Å². The molecule has 0 bridgehead atoms. The van der Waals surface area contributed by atoms with E-state index in [1.165, 1.54) is 0 Å². The fourth-order valence-corrected chi connectivity index (χ4v) is 1.91. The molecule has 0 amide bonds. The lowest BCUT2D eigenvalue weighted by Gasteiger charge is -2.19. The number of thioether (sulfide) groups is 1. The molecule has 1 aromatic heterocycles. The van der Waals surface area contributed by atoms with Gasteiger partial charge in [0.25, 0.3) is 0 Å². The number of H-pyrrole nitrogens is 1. The highest BCUT2D eigenvalue weighted by atomic mass is 32.2. The average Bonchev–Trinajstić information content (AvgIpc) is 2.70. The van der Waals surface area contributed by atoms with Gasteiger partial charge in [-0.25, -0.2) is 4.98 Å². The predicted molar refractivity (Wildman–Crippen MR) is 57.0 cm³/mol. The summed E-state index contributed by atoms with van der Waals surface area (Å²) in [7, 11) is 1.81. The molecule has 1 rings (SSSR count). The first-order valence-electron chi connectivity index (χ1n) is 4.42. The van der Waals surface area contributed by atoms with Crippen molar-refractivity contribution in [3.8, 4) is 6.07 Å². The smallest absolute Gasteiger partial charge is 0.165 e. The van der Waals surface area contributed by atoms with Crippen molar-refractivity contribution in [1.82, 2.24) is 15.3 Å². The van der Waals surface area contributed by atoms with Gasteiger partial charge in [0, 0.05) is 18.1 Å². The Balaban J connectivity index is 2.31. The molecular weight excluding hydrogens is 196 g/mol. The molecule has 14 heavy (non-hydrogen) atoms. The third-order valence-corrected chi connectivity index (χ3v) is 3.02. The maximum Gasteiger partial charge on any atom is 0.165 e. The molecule has 1 heterocycles. The van der Waals surface area contributed by atoms with Crippen molar-refractivity contribution in [2.75, 3.05) is 12.8 Å². The predicted octanol–water partition coefficient (Wildman–Crippen LogP) is 1.39. The zero-order valence-corrected chi connectivity index (χ0v) is 9.19. The van der Waals surface area contributed by atoms with E-state index in [1.807, 2.05) is 6.92 Å². The van der Waals surface area contributed by atoms with Crippen LogP contribution in [0.15, 0.2) is 17.6 Å². The molecule has 5 heteroatoms. The van der Waals surface area contributed by atoms with Gasteiger partial charge in [-0.1, -0.05) is 11.8 Å². The molecule has 0 saturated carbocycles. The van der Waals surface area contributed by atoms with Gasteiger partial charge >= 0.3 is 0 Å². The fourth-order valence-electron chi connectivity index (χ4n) is 0.918. The lowest BCUT2D eigenvalue weighted by molar-refractivity contribution is 0.479. The molecule has 0 aliphatic carbocycles. The fraction of sp³-hybridized carbons (Fsp3) is 0.556. The van der Waals surface area contributed by atoms with Crippen molar-refractivity contribution in [2.24, 2.45) is 0 Å². The maximum atomic E-state index is 8.90. The van der Waals surface area contributed by atoms with Gasteiger partial charge in [0.2, 0.25) is 0 Å². The topological polar surface area (TPSA) is 64.5 Å². The number of imidazole rings is 1. The summed E-state index contributed by atoms with van der Waals surface area (Å²) in [5, 5.41) is 12.8. The Morgan fingerprint density at radius 3 is 3.07 bits per heavy atom. The van der Waals surface area contributed by atoms with Gasteiger partial charge in [0.1, 0.15) is 5.54 Å². The number of nitrogens with one attached hydrogen (secondary N) is 2. The first kappa shape index (κ1) is 11.1. The molecular formula is C9H14N4S. The molecule has 1 unspecified atom stereocenters. The summed E-state index contributed by atoms with van der Waals surface area (Å²) in [4.78, 5) is 7.10. The Kier molecular flexibility index (Phi) is 3.98. The first-order chi connectivity index (χ1) is 6.70. The van der Waals surface area contributed by atoms with Crippen LogP contribution in [0.25, 0.3) is 0 Å². The number of aromatic amines is 1. The Bertz CT molecular complexity index is 303. The lowest BCUT2D eigenvalue weighted by atomic mass is 10.0. The van der Waals surface area contributed by atoms with E-state index in [1.54, 1.807) is 31.2 Å². The minimum Gasteiger partial charge on any atom is -0.340 e. The summed E-state index contributed by atoms with van der Waals surface area (Å²) >= 11 is 1.63. The lowest BCUT2D eigenvalue weighted by Crippen LogP contribution is -2.38. The number of nitrogens with zero attached hydrogens (tertiary/aromatic N) is 2. The molecule has 2 N–H and O–H groups in total. The Morgan fingerprint density at radius 1 is 1.79 bits per heavy atom. The van der Waals surface area contributed by atoms with Gasteiger partial charge < -0.3 is 10.3 Å². The van der Waals surface area contributed by atoms with Crippen LogP contribution in [-0.4, -0.2) is 28.3 Å². The standard InChI is InChI=1S/C9H14N4S/c1-9(7-10,11-2)3-6-14-8-12-4-5-13-8/h4-5,11H,3,6H2,1-2H3,(H,12,13). The van der Waals surface area contributed by atoms with Gasteiger partial charge in [0.15, 0.2) is 5.16 Å². The zero-order chi connectivity index (χ0) is 10.4. The summed E-state index contributed by atoms with van der Waals surface area (Å²) in [6, 6.07) is 2.25. The Labute approximate surface area is 88.1 Å². The summed E-state index contributed by atoms with van der Waals surface area (Å²) in [5.74, 6) is 0.873. The largest absolute Gasteiger partial charge is 0.340 e. The summed E-state index contributed by atoms with van der Waals surface area (Å²) < 4.78 is 0. The van der Waals surface area contributed by atoms with Gasteiger partial charge in [0.05, 0.1) is 6.07 Å². The number of rotatable bonds is 5. The van der Waals surface area contributed by atoms with Crippen LogP contribution in [-0.2, 0) is 0 Å².